The molecule has 1 N–H and O–H groups in total. The molecule has 1 aromatic heterocycles. The van der Waals surface area contributed by atoms with Crippen molar-refractivity contribution in [1.29, 1.82) is 0 Å². The van der Waals surface area contributed by atoms with E-state index in [1.165, 1.54) is 38.6 Å². The fourth-order valence-electron chi connectivity index (χ4n) is 6.17. The van der Waals surface area contributed by atoms with Crippen LogP contribution in [0.1, 0.15) is 36.8 Å². The number of rotatable bonds is 4. The van der Waals surface area contributed by atoms with Crippen LogP contribution in [0.4, 0.5) is 0 Å². The average molecular weight is 468 g/mol. The van der Waals surface area contributed by atoms with E-state index < -0.39 is 0 Å². The Kier molecular flexibility index (Phi) is 4.95. The second-order valence-corrected chi connectivity index (χ2v) is 10.1. The molecule has 1 fully saturated rings. The summed E-state index contributed by atoms with van der Waals surface area (Å²) in [5, 5.41) is 6.47. The number of nitrogens with zero attached hydrogens (tertiary/aromatic N) is 2. The number of fused-ring (bicyclic) bond motifs is 3. The third kappa shape index (κ3) is 3.28. The number of hydrogen-bond acceptors (Lipinski definition) is 2. The smallest absolute Gasteiger partial charge is 0.0897 e. The molecule has 3 heteroatoms. The molecule has 2 aliphatic rings. The predicted molar refractivity (Wildman–Crippen MR) is 149 cm³/mol. The van der Waals surface area contributed by atoms with Crippen molar-refractivity contribution in [1.82, 2.24) is 14.8 Å². The standard InChI is InChI=1S/C33H29N3/c1-33(36-31(24-13-4-2-5-14-24)34-32(36)25-15-6-3-7-16-25)22-12-17-26(23-33)35-29-20-10-8-18-27(29)28-19-9-11-21-30(28)35/h2-22,31-32,34H,23H2,1H3/t31?,32?,33-/m1/s1. The lowest BCUT2D eigenvalue weighted by Crippen LogP contribution is -2.65. The van der Waals surface area contributed by atoms with E-state index in [-0.39, 0.29) is 17.9 Å². The molecule has 1 aliphatic heterocycles. The van der Waals surface area contributed by atoms with E-state index in [4.69, 9.17) is 0 Å². The van der Waals surface area contributed by atoms with Gasteiger partial charge in [0.15, 0.2) is 0 Å². The molecule has 2 heterocycles. The Balaban J connectivity index is 1.33. The maximum atomic E-state index is 3.86. The molecule has 36 heavy (non-hydrogen) atoms. The monoisotopic (exact) mass is 467 g/mol. The van der Waals surface area contributed by atoms with E-state index in [0.29, 0.717) is 0 Å². The van der Waals surface area contributed by atoms with E-state index in [2.05, 4.69) is 149 Å². The lowest BCUT2D eigenvalue weighted by Gasteiger charge is -2.58. The minimum atomic E-state index is -0.164. The number of nitrogens with one attached hydrogen (secondary N) is 1. The van der Waals surface area contributed by atoms with E-state index in [1.807, 2.05) is 0 Å². The summed E-state index contributed by atoms with van der Waals surface area (Å²) in [4.78, 5) is 2.65. The highest BCUT2D eigenvalue weighted by Gasteiger charge is 2.49. The zero-order chi connectivity index (χ0) is 24.1. The van der Waals surface area contributed by atoms with Gasteiger partial charge in [0.1, 0.15) is 0 Å². The molecular weight excluding hydrogens is 438 g/mol. The molecule has 176 valence electrons. The van der Waals surface area contributed by atoms with Crippen LogP contribution in [0.5, 0.6) is 0 Å². The number of para-hydroxylation sites is 2. The summed E-state index contributed by atoms with van der Waals surface area (Å²) in [6.07, 6.45) is 8.16. The minimum Gasteiger partial charge on any atom is -0.313 e. The Hall–Kier alpha value is -3.92. The molecule has 5 aromatic rings. The molecule has 0 saturated carbocycles. The van der Waals surface area contributed by atoms with Crippen LogP contribution in [0, 0.1) is 0 Å². The molecule has 2 unspecified atom stereocenters. The molecule has 0 amide bonds. The van der Waals surface area contributed by atoms with Crippen LogP contribution in [0.3, 0.4) is 0 Å². The van der Waals surface area contributed by atoms with Crippen LogP contribution in [0.2, 0.25) is 0 Å². The molecule has 0 bridgehead atoms. The fraction of sp³-hybridized carbons (Fsp3) is 0.152. The van der Waals surface area contributed by atoms with Crippen molar-refractivity contribution in [3.63, 3.8) is 0 Å². The van der Waals surface area contributed by atoms with Gasteiger partial charge in [-0.1, -0.05) is 109 Å². The van der Waals surface area contributed by atoms with Crippen molar-refractivity contribution < 1.29 is 0 Å². The van der Waals surface area contributed by atoms with Gasteiger partial charge in [-0.05, 0) is 36.3 Å². The van der Waals surface area contributed by atoms with Crippen molar-refractivity contribution in [3.05, 3.63) is 139 Å². The Morgan fingerprint density at radius 2 is 1.17 bits per heavy atom. The number of benzene rings is 4. The zero-order valence-corrected chi connectivity index (χ0v) is 20.4. The van der Waals surface area contributed by atoms with Crippen molar-refractivity contribution >= 4 is 27.5 Å². The summed E-state index contributed by atoms with van der Waals surface area (Å²) in [5.41, 5.74) is 6.29. The summed E-state index contributed by atoms with van der Waals surface area (Å²) in [7, 11) is 0. The van der Waals surface area contributed by atoms with Crippen LogP contribution < -0.4 is 5.32 Å². The largest absolute Gasteiger partial charge is 0.313 e. The molecule has 3 atom stereocenters. The van der Waals surface area contributed by atoms with Gasteiger partial charge in [0.25, 0.3) is 0 Å². The molecule has 1 aliphatic carbocycles. The van der Waals surface area contributed by atoms with E-state index in [0.717, 1.165) is 6.42 Å². The van der Waals surface area contributed by atoms with Gasteiger partial charge in [0, 0.05) is 28.4 Å². The molecule has 4 aromatic carbocycles. The molecular formula is C33H29N3. The minimum absolute atomic E-state index is 0.156. The second-order valence-electron chi connectivity index (χ2n) is 10.1. The first kappa shape index (κ1) is 21.4. The SMILES string of the molecule is C[C@@]1(N2C(c3ccccc3)NC2c2ccccc2)C=CC=C(n2c3ccccc3c3ccccc32)C1. The normalized spacial score (nSPS) is 24.1. The summed E-state index contributed by atoms with van der Waals surface area (Å²) in [6.45, 7) is 2.39. The van der Waals surface area contributed by atoms with Gasteiger partial charge in [0.05, 0.1) is 23.4 Å². The number of hydrogen-bond donors (Lipinski definition) is 1. The van der Waals surface area contributed by atoms with Crippen LogP contribution in [-0.2, 0) is 0 Å². The zero-order valence-electron chi connectivity index (χ0n) is 20.4. The van der Waals surface area contributed by atoms with Crippen molar-refractivity contribution in [2.75, 3.05) is 0 Å². The maximum absolute atomic E-state index is 3.86. The van der Waals surface area contributed by atoms with Gasteiger partial charge >= 0.3 is 0 Å². The highest BCUT2D eigenvalue weighted by atomic mass is 15.5. The van der Waals surface area contributed by atoms with E-state index in [1.54, 1.807) is 0 Å². The Morgan fingerprint density at radius 1 is 0.667 bits per heavy atom. The van der Waals surface area contributed by atoms with Crippen LogP contribution in [-0.4, -0.2) is 15.0 Å². The highest BCUT2D eigenvalue weighted by Crippen LogP contribution is 2.48. The number of allylic oxidation sites excluding steroid dienone is 2. The Labute approximate surface area is 212 Å². The Morgan fingerprint density at radius 3 is 1.72 bits per heavy atom. The summed E-state index contributed by atoms with van der Waals surface area (Å²) < 4.78 is 2.47. The highest BCUT2D eigenvalue weighted by molar-refractivity contribution is 6.10. The maximum Gasteiger partial charge on any atom is 0.0897 e. The van der Waals surface area contributed by atoms with E-state index >= 15 is 0 Å². The van der Waals surface area contributed by atoms with Crippen molar-refractivity contribution in [2.24, 2.45) is 0 Å². The number of aromatic nitrogens is 1. The van der Waals surface area contributed by atoms with Gasteiger partial charge < -0.3 is 4.57 Å². The molecule has 0 radical (unpaired) electrons. The van der Waals surface area contributed by atoms with Gasteiger partial charge in [-0.2, -0.15) is 0 Å². The fourth-order valence-corrected chi connectivity index (χ4v) is 6.17. The van der Waals surface area contributed by atoms with Gasteiger partial charge in [-0.25, -0.2) is 0 Å². The summed E-state index contributed by atoms with van der Waals surface area (Å²) >= 11 is 0. The van der Waals surface area contributed by atoms with Crippen LogP contribution in [0.25, 0.3) is 27.5 Å². The van der Waals surface area contributed by atoms with Crippen molar-refractivity contribution in [3.8, 4) is 0 Å². The first-order valence-corrected chi connectivity index (χ1v) is 12.7. The molecule has 3 nitrogen and oxygen atoms in total. The Bertz CT molecular complexity index is 1510. The second kappa shape index (κ2) is 8.34. The van der Waals surface area contributed by atoms with Crippen molar-refractivity contribution in [2.45, 2.75) is 31.2 Å². The third-order valence-electron chi connectivity index (χ3n) is 7.84. The first-order chi connectivity index (χ1) is 17.7. The topological polar surface area (TPSA) is 20.2 Å². The predicted octanol–water partition coefficient (Wildman–Crippen LogP) is 7.66. The first-order valence-electron chi connectivity index (χ1n) is 12.7. The summed E-state index contributed by atoms with van der Waals surface area (Å²) in [6, 6.07) is 39.2. The molecule has 1 saturated heterocycles. The lowest BCUT2D eigenvalue weighted by molar-refractivity contribution is -0.0925. The molecule has 0 spiro atoms. The average Bonchev–Trinajstić information content (AvgIpc) is 3.24. The summed E-state index contributed by atoms with van der Waals surface area (Å²) in [5.74, 6) is 0. The van der Waals surface area contributed by atoms with E-state index in [9.17, 15) is 0 Å². The van der Waals surface area contributed by atoms with Crippen LogP contribution >= 0.6 is 0 Å². The lowest BCUT2D eigenvalue weighted by atomic mass is 9.84. The molecule has 7 rings (SSSR count). The quantitative estimate of drug-likeness (QED) is 0.293. The van der Waals surface area contributed by atoms with Gasteiger partial charge in [-0.15, -0.1) is 0 Å². The van der Waals surface area contributed by atoms with Crippen LogP contribution in [0.15, 0.2) is 127 Å². The third-order valence-corrected chi connectivity index (χ3v) is 7.84. The van der Waals surface area contributed by atoms with Gasteiger partial charge in [-0.3, -0.25) is 10.2 Å². The van der Waals surface area contributed by atoms with Gasteiger partial charge in [0.2, 0.25) is 0 Å².